The molecule has 1 saturated carbocycles. The van der Waals surface area contributed by atoms with Crippen LogP contribution in [0.15, 0.2) is 4.52 Å². The Hall–Kier alpha value is -0.900. The molecule has 1 aliphatic rings. The van der Waals surface area contributed by atoms with Crippen molar-refractivity contribution in [1.29, 1.82) is 0 Å². The maximum atomic E-state index is 4.98. The smallest absolute Gasteiger partial charge is 0.223 e. The van der Waals surface area contributed by atoms with E-state index in [1.165, 1.54) is 32.1 Å². The van der Waals surface area contributed by atoms with Crippen molar-refractivity contribution >= 4 is 0 Å². The lowest BCUT2D eigenvalue weighted by molar-refractivity contribution is 0.338. The molecule has 0 bridgehead atoms. The van der Waals surface area contributed by atoms with Gasteiger partial charge < -0.3 is 9.84 Å². The molecule has 0 saturated heterocycles. The highest BCUT2D eigenvalue weighted by molar-refractivity contribution is 4.85. The standard InChI is InChI=1S/C15H27N3O/c1-11(2)13-5-4-6-14(8-7-13)16-10-9-15-17-12(3)19-18-15/h11,13-14,16H,4-10H2,1-3H3. The summed E-state index contributed by atoms with van der Waals surface area (Å²) in [7, 11) is 0. The van der Waals surface area contributed by atoms with Gasteiger partial charge in [0.15, 0.2) is 5.82 Å². The number of nitrogens with one attached hydrogen (secondary N) is 1. The lowest BCUT2D eigenvalue weighted by atomic mass is 9.89. The Kier molecular flexibility index (Phi) is 5.37. The van der Waals surface area contributed by atoms with Gasteiger partial charge in [-0.05, 0) is 31.1 Å². The van der Waals surface area contributed by atoms with E-state index in [-0.39, 0.29) is 0 Å². The zero-order valence-electron chi connectivity index (χ0n) is 12.5. The van der Waals surface area contributed by atoms with Crippen molar-refractivity contribution in [3.63, 3.8) is 0 Å². The predicted molar refractivity (Wildman–Crippen MR) is 75.9 cm³/mol. The molecule has 0 aromatic carbocycles. The van der Waals surface area contributed by atoms with Crippen molar-refractivity contribution in [3.8, 4) is 0 Å². The average Bonchev–Trinajstić information content (AvgIpc) is 2.64. The molecule has 1 fully saturated rings. The number of aryl methyl sites for hydroxylation is 1. The van der Waals surface area contributed by atoms with E-state index in [2.05, 4.69) is 29.3 Å². The van der Waals surface area contributed by atoms with Crippen molar-refractivity contribution in [2.75, 3.05) is 6.54 Å². The van der Waals surface area contributed by atoms with E-state index in [1.807, 2.05) is 6.92 Å². The first-order valence-corrected chi connectivity index (χ1v) is 7.67. The van der Waals surface area contributed by atoms with Crippen molar-refractivity contribution < 1.29 is 4.52 Å². The van der Waals surface area contributed by atoms with E-state index in [9.17, 15) is 0 Å². The van der Waals surface area contributed by atoms with Crippen LogP contribution in [0, 0.1) is 18.8 Å². The molecule has 0 amide bonds. The number of aromatic nitrogens is 2. The lowest BCUT2D eigenvalue weighted by Gasteiger charge is -2.19. The van der Waals surface area contributed by atoms with Crippen LogP contribution in [0.2, 0.25) is 0 Å². The summed E-state index contributed by atoms with van der Waals surface area (Å²) >= 11 is 0. The second-order valence-electron chi connectivity index (χ2n) is 6.14. The van der Waals surface area contributed by atoms with E-state index >= 15 is 0 Å². The summed E-state index contributed by atoms with van der Waals surface area (Å²) in [6.45, 7) is 7.51. The minimum atomic E-state index is 0.657. The zero-order chi connectivity index (χ0) is 13.7. The third-order valence-electron chi connectivity index (χ3n) is 4.31. The van der Waals surface area contributed by atoms with E-state index in [0.29, 0.717) is 11.9 Å². The number of rotatable bonds is 5. The molecule has 2 rings (SSSR count). The Morgan fingerprint density at radius 2 is 2.11 bits per heavy atom. The van der Waals surface area contributed by atoms with E-state index in [0.717, 1.165) is 30.6 Å². The fourth-order valence-electron chi connectivity index (χ4n) is 3.03. The summed E-state index contributed by atoms with van der Waals surface area (Å²) in [4.78, 5) is 4.23. The Morgan fingerprint density at radius 3 is 2.79 bits per heavy atom. The third kappa shape index (κ3) is 4.60. The van der Waals surface area contributed by atoms with Crippen molar-refractivity contribution in [1.82, 2.24) is 15.5 Å². The summed E-state index contributed by atoms with van der Waals surface area (Å²) in [5.74, 6) is 3.23. The normalized spacial score (nSPS) is 24.6. The summed E-state index contributed by atoms with van der Waals surface area (Å²) in [6, 6.07) is 0.678. The third-order valence-corrected chi connectivity index (χ3v) is 4.31. The van der Waals surface area contributed by atoms with Crippen LogP contribution in [0.4, 0.5) is 0 Å². The predicted octanol–water partition coefficient (Wildman–Crippen LogP) is 3.12. The second-order valence-corrected chi connectivity index (χ2v) is 6.14. The van der Waals surface area contributed by atoms with Crippen LogP contribution >= 0.6 is 0 Å². The van der Waals surface area contributed by atoms with Crippen LogP contribution < -0.4 is 5.32 Å². The molecular formula is C15H27N3O. The monoisotopic (exact) mass is 265 g/mol. The molecule has 2 unspecified atom stereocenters. The van der Waals surface area contributed by atoms with Crippen molar-refractivity contribution in [2.45, 2.75) is 65.3 Å². The van der Waals surface area contributed by atoms with Gasteiger partial charge in [0.05, 0.1) is 0 Å². The quantitative estimate of drug-likeness (QED) is 0.831. The van der Waals surface area contributed by atoms with Gasteiger partial charge in [0.1, 0.15) is 0 Å². The highest BCUT2D eigenvalue weighted by atomic mass is 16.5. The summed E-state index contributed by atoms with van der Waals surface area (Å²) < 4.78 is 4.98. The fourth-order valence-corrected chi connectivity index (χ4v) is 3.03. The summed E-state index contributed by atoms with van der Waals surface area (Å²) in [6.07, 6.45) is 7.63. The van der Waals surface area contributed by atoms with Gasteiger partial charge in [-0.1, -0.05) is 31.8 Å². The number of hydrogen-bond donors (Lipinski definition) is 1. The Balaban J connectivity index is 1.68. The molecule has 2 atom stereocenters. The van der Waals surface area contributed by atoms with Gasteiger partial charge in [-0.2, -0.15) is 4.98 Å². The van der Waals surface area contributed by atoms with Gasteiger partial charge in [-0.25, -0.2) is 0 Å². The van der Waals surface area contributed by atoms with Crippen molar-refractivity contribution in [3.05, 3.63) is 11.7 Å². The second kappa shape index (κ2) is 7.04. The minimum absolute atomic E-state index is 0.657. The molecule has 1 heterocycles. The largest absolute Gasteiger partial charge is 0.340 e. The molecule has 0 aliphatic heterocycles. The maximum absolute atomic E-state index is 4.98. The minimum Gasteiger partial charge on any atom is -0.340 e. The molecule has 1 N–H and O–H groups in total. The van der Waals surface area contributed by atoms with Gasteiger partial charge in [0.25, 0.3) is 0 Å². The van der Waals surface area contributed by atoms with Crippen LogP contribution in [-0.4, -0.2) is 22.7 Å². The number of hydrogen-bond acceptors (Lipinski definition) is 4. The van der Waals surface area contributed by atoms with Crippen LogP contribution in [0.25, 0.3) is 0 Å². The Labute approximate surface area is 116 Å². The van der Waals surface area contributed by atoms with Crippen LogP contribution in [0.5, 0.6) is 0 Å². The first kappa shape index (κ1) is 14.5. The van der Waals surface area contributed by atoms with Gasteiger partial charge >= 0.3 is 0 Å². The molecule has 108 valence electrons. The molecule has 0 radical (unpaired) electrons. The van der Waals surface area contributed by atoms with Crippen LogP contribution in [0.1, 0.15) is 57.7 Å². The zero-order valence-corrected chi connectivity index (χ0v) is 12.5. The summed E-state index contributed by atoms with van der Waals surface area (Å²) in [5, 5.41) is 7.58. The maximum Gasteiger partial charge on any atom is 0.223 e. The lowest BCUT2D eigenvalue weighted by Crippen LogP contribution is -2.30. The van der Waals surface area contributed by atoms with Crippen LogP contribution in [-0.2, 0) is 6.42 Å². The van der Waals surface area contributed by atoms with Gasteiger partial charge in [0, 0.05) is 25.9 Å². The topological polar surface area (TPSA) is 51.0 Å². The van der Waals surface area contributed by atoms with Gasteiger partial charge in [-0.3, -0.25) is 0 Å². The van der Waals surface area contributed by atoms with Crippen molar-refractivity contribution in [2.24, 2.45) is 11.8 Å². The molecule has 0 spiro atoms. The highest BCUT2D eigenvalue weighted by Gasteiger charge is 2.20. The first-order chi connectivity index (χ1) is 9.15. The highest BCUT2D eigenvalue weighted by Crippen LogP contribution is 2.28. The molecule has 1 aromatic heterocycles. The Morgan fingerprint density at radius 1 is 1.26 bits per heavy atom. The SMILES string of the molecule is Cc1nc(CCNC2CCCC(C(C)C)CC2)no1. The number of nitrogens with zero attached hydrogens (tertiary/aromatic N) is 2. The van der Waals surface area contributed by atoms with E-state index in [1.54, 1.807) is 0 Å². The van der Waals surface area contributed by atoms with E-state index in [4.69, 9.17) is 4.52 Å². The molecule has 1 aromatic rings. The molecular weight excluding hydrogens is 238 g/mol. The molecule has 19 heavy (non-hydrogen) atoms. The average molecular weight is 265 g/mol. The molecule has 4 heteroatoms. The van der Waals surface area contributed by atoms with E-state index < -0.39 is 0 Å². The van der Waals surface area contributed by atoms with Gasteiger partial charge in [-0.15, -0.1) is 0 Å². The molecule has 1 aliphatic carbocycles. The molecule has 4 nitrogen and oxygen atoms in total. The summed E-state index contributed by atoms with van der Waals surface area (Å²) in [5.41, 5.74) is 0. The first-order valence-electron chi connectivity index (χ1n) is 7.67. The Bertz CT molecular complexity index is 375. The van der Waals surface area contributed by atoms with Crippen LogP contribution in [0.3, 0.4) is 0 Å². The van der Waals surface area contributed by atoms with Gasteiger partial charge in [0.2, 0.25) is 5.89 Å². The fraction of sp³-hybridized carbons (Fsp3) is 0.867.